The van der Waals surface area contributed by atoms with Crippen molar-refractivity contribution < 1.29 is 13.9 Å². The van der Waals surface area contributed by atoms with Gasteiger partial charge in [0.1, 0.15) is 12.1 Å². The molecule has 0 spiro atoms. The molecule has 3 aromatic heterocycles. The Bertz CT molecular complexity index is 1720. The van der Waals surface area contributed by atoms with Crippen LogP contribution in [0.25, 0.3) is 21.8 Å². The van der Waals surface area contributed by atoms with Gasteiger partial charge in [-0.25, -0.2) is 14.4 Å². The predicted molar refractivity (Wildman–Crippen MR) is 150 cm³/mol. The Hall–Kier alpha value is -4.58. The van der Waals surface area contributed by atoms with Crippen LogP contribution in [0.5, 0.6) is 6.01 Å². The second-order valence-electron chi connectivity index (χ2n) is 10.4. The molecule has 206 valence electrons. The number of carbonyl (C=O) groups excluding carboxylic acids is 1. The van der Waals surface area contributed by atoms with E-state index in [0.29, 0.717) is 34.2 Å². The predicted octanol–water partition coefficient (Wildman–Crippen LogP) is 3.41. The summed E-state index contributed by atoms with van der Waals surface area (Å²) in [5.41, 5.74) is 3.14. The van der Waals surface area contributed by atoms with Gasteiger partial charge in [-0.1, -0.05) is 0 Å². The molecule has 0 unspecified atom stereocenters. The molecule has 0 saturated carbocycles. The fourth-order valence-corrected chi connectivity index (χ4v) is 5.29. The number of ether oxygens (including phenoxy) is 1. The SMILES string of the molecule is C[C@@H]1CN(c2ccc(C(=O)Nc3cc(F)c4nn(C)cc4c3)c3nc(OCc4cncn4C)ncc23)C[C@H](C)N1. The van der Waals surface area contributed by atoms with Crippen molar-refractivity contribution in [2.24, 2.45) is 14.1 Å². The molecule has 1 aliphatic rings. The first-order chi connectivity index (χ1) is 19.2. The fraction of sp³-hybridized carbons (Fsp3) is 0.321. The fourth-order valence-electron chi connectivity index (χ4n) is 5.29. The molecule has 40 heavy (non-hydrogen) atoms. The van der Waals surface area contributed by atoms with Crippen LogP contribution in [0.4, 0.5) is 15.8 Å². The summed E-state index contributed by atoms with van der Waals surface area (Å²) in [6, 6.07) is 7.37. The second-order valence-corrected chi connectivity index (χ2v) is 10.4. The molecule has 2 aromatic carbocycles. The van der Waals surface area contributed by atoms with Gasteiger partial charge in [0.25, 0.3) is 5.91 Å². The van der Waals surface area contributed by atoms with E-state index in [2.05, 4.69) is 49.4 Å². The third-order valence-electron chi connectivity index (χ3n) is 7.05. The largest absolute Gasteiger partial charge is 0.457 e. The second kappa shape index (κ2) is 10.2. The van der Waals surface area contributed by atoms with Gasteiger partial charge >= 0.3 is 6.01 Å². The molecule has 0 radical (unpaired) electrons. The highest BCUT2D eigenvalue weighted by Gasteiger charge is 2.25. The molecule has 6 rings (SSSR count). The number of anilines is 2. The molecule has 11 nitrogen and oxygen atoms in total. The highest BCUT2D eigenvalue weighted by atomic mass is 19.1. The van der Waals surface area contributed by atoms with Crippen LogP contribution in [0.15, 0.2) is 49.2 Å². The summed E-state index contributed by atoms with van der Waals surface area (Å²) in [6.07, 6.45) is 6.80. The van der Waals surface area contributed by atoms with Crippen LogP contribution in [0, 0.1) is 5.82 Å². The number of carbonyl (C=O) groups is 1. The number of imidazole rings is 1. The summed E-state index contributed by atoms with van der Waals surface area (Å²) in [5.74, 6) is -0.929. The zero-order chi connectivity index (χ0) is 28.0. The summed E-state index contributed by atoms with van der Waals surface area (Å²) in [7, 11) is 3.60. The molecular weight excluding hydrogens is 513 g/mol. The van der Waals surface area contributed by atoms with Crippen LogP contribution in [0.3, 0.4) is 0 Å². The van der Waals surface area contributed by atoms with Crippen molar-refractivity contribution in [1.29, 1.82) is 0 Å². The van der Waals surface area contributed by atoms with Crippen LogP contribution in [0.2, 0.25) is 0 Å². The lowest BCUT2D eigenvalue weighted by Crippen LogP contribution is -2.54. The lowest BCUT2D eigenvalue weighted by atomic mass is 10.0. The first kappa shape index (κ1) is 25.7. The van der Waals surface area contributed by atoms with Crippen molar-refractivity contribution in [2.45, 2.75) is 32.5 Å². The van der Waals surface area contributed by atoms with Crippen molar-refractivity contribution in [3.63, 3.8) is 0 Å². The average Bonchev–Trinajstić information content (AvgIpc) is 3.50. The Morgan fingerprint density at radius 1 is 1.15 bits per heavy atom. The third kappa shape index (κ3) is 4.93. The summed E-state index contributed by atoms with van der Waals surface area (Å²) in [6.45, 7) is 6.11. The van der Waals surface area contributed by atoms with Crippen molar-refractivity contribution in [1.82, 2.24) is 34.6 Å². The number of amides is 1. The van der Waals surface area contributed by atoms with Gasteiger partial charge in [-0.15, -0.1) is 0 Å². The lowest BCUT2D eigenvalue weighted by Gasteiger charge is -2.38. The van der Waals surface area contributed by atoms with Crippen LogP contribution in [-0.4, -0.2) is 60.4 Å². The first-order valence-corrected chi connectivity index (χ1v) is 13.1. The van der Waals surface area contributed by atoms with Crippen molar-refractivity contribution in [3.8, 4) is 6.01 Å². The van der Waals surface area contributed by atoms with E-state index in [1.54, 1.807) is 44.1 Å². The molecule has 2 atom stereocenters. The number of halogens is 1. The average molecular weight is 544 g/mol. The number of aromatic nitrogens is 6. The number of piperazine rings is 1. The van der Waals surface area contributed by atoms with Gasteiger partial charge in [-0.2, -0.15) is 10.1 Å². The summed E-state index contributed by atoms with van der Waals surface area (Å²) < 4.78 is 24.0. The van der Waals surface area contributed by atoms with Gasteiger partial charge in [0.2, 0.25) is 0 Å². The molecule has 1 amide bonds. The molecule has 0 aliphatic carbocycles. The van der Waals surface area contributed by atoms with Gasteiger partial charge in [-0.3, -0.25) is 9.48 Å². The smallest absolute Gasteiger partial charge is 0.317 e. The monoisotopic (exact) mass is 543 g/mol. The van der Waals surface area contributed by atoms with Crippen LogP contribution in [0.1, 0.15) is 29.9 Å². The van der Waals surface area contributed by atoms with Gasteiger partial charge < -0.3 is 24.8 Å². The minimum atomic E-state index is -0.510. The number of nitrogens with zero attached hydrogens (tertiary/aromatic N) is 7. The number of hydrogen-bond donors (Lipinski definition) is 2. The molecule has 12 heteroatoms. The Morgan fingerprint density at radius 2 is 1.95 bits per heavy atom. The number of fused-ring (bicyclic) bond motifs is 2. The summed E-state index contributed by atoms with van der Waals surface area (Å²) in [5, 5.41) is 11.8. The zero-order valence-corrected chi connectivity index (χ0v) is 22.7. The number of benzene rings is 2. The van der Waals surface area contributed by atoms with Gasteiger partial charge in [0.15, 0.2) is 5.82 Å². The van der Waals surface area contributed by atoms with Crippen molar-refractivity contribution >= 4 is 39.1 Å². The van der Waals surface area contributed by atoms with Crippen LogP contribution >= 0.6 is 0 Å². The van der Waals surface area contributed by atoms with E-state index >= 15 is 0 Å². The van der Waals surface area contributed by atoms with E-state index in [1.807, 2.05) is 17.7 Å². The van der Waals surface area contributed by atoms with Crippen LogP contribution < -0.4 is 20.3 Å². The number of rotatable bonds is 6. The van der Waals surface area contributed by atoms with E-state index in [9.17, 15) is 9.18 Å². The van der Waals surface area contributed by atoms with E-state index in [1.165, 1.54) is 10.7 Å². The highest BCUT2D eigenvalue weighted by Crippen LogP contribution is 2.31. The quantitative estimate of drug-likeness (QED) is 0.335. The molecule has 1 fully saturated rings. The van der Waals surface area contributed by atoms with Gasteiger partial charge in [0.05, 0.1) is 29.3 Å². The Balaban J connectivity index is 1.38. The minimum Gasteiger partial charge on any atom is -0.457 e. The number of aryl methyl sites for hydroxylation is 2. The number of hydrogen-bond acceptors (Lipinski definition) is 8. The Kier molecular flexibility index (Phi) is 6.54. The maximum Gasteiger partial charge on any atom is 0.317 e. The molecular formula is C28H30FN9O2. The van der Waals surface area contributed by atoms with E-state index in [-0.39, 0.29) is 18.1 Å². The van der Waals surface area contributed by atoms with Gasteiger partial charge in [0, 0.05) is 73.8 Å². The molecule has 0 bridgehead atoms. The molecule has 5 aromatic rings. The summed E-state index contributed by atoms with van der Waals surface area (Å²) in [4.78, 5) is 29.1. The normalized spacial score (nSPS) is 17.5. The summed E-state index contributed by atoms with van der Waals surface area (Å²) >= 11 is 0. The van der Waals surface area contributed by atoms with Gasteiger partial charge in [-0.05, 0) is 38.1 Å². The first-order valence-electron chi connectivity index (χ1n) is 13.1. The maximum atomic E-state index is 14.7. The highest BCUT2D eigenvalue weighted by molar-refractivity contribution is 6.14. The maximum absolute atomic E-state index is 14.7. The Morgan fingerprint density at radius 3 is 2.70 bits per heavy atom. The van der Waals surface area contributed by atoms with E-state index in [4.69, 9.17) is 4.74 Å². The minimum absolute atomic E-state index is 0.143. The molecule has 4 heterocycles. The topological polar surface area (TPSA) is 115 Å². The van der Waals surface area contributed by atoms with Crippen molar-refractivity contribution in [3.05, 3.63) is 66.3 Å². The van der Waals surface area contributed by atoms with Crippen molar-refractivity contribution in [2.75, 3.05) is 23.3 Å². The number of nitrogens with one attached hydrogen (secondary N) is 2. The molecule has 1 saturated heterocycles. The van der Waals surface area contributed by atoms with E-state index < -0.39 is 11.7 Å². The van der Waals surface area contributed by atoms with Crippen LogP contribution in [-0.2, 0) is 20.7 Å². The zero-order valence-electron chi connectivity index (χ0n) is 22.7. The third-order valence-corrected chi connectivity index (χ3v) is 7.05. The lowest BCUT2D eigenvalue weighted by molar-refractivity contribution is 0.102. The molecule has 2 N–H and O–H groups in total. The standard InChI is InChI=1S/C28H30FN9O2/c1-16-11-38(12-17(2)32-16)24-6-5-21(27(39)33-19-7-18-13-37(4)35-25(18)23(29)8-19)26-22(24)10-31-28(34-26)40-14-20-9-30-15-36(20)3/h5-10,13,15-17,32H,11-12,14H2,1-4H3,(H,33,39)/t16-,17+. The van der Waals surface area contributed by atoms with E-state index in [0.717, 1.165) is 29.9 Å². The molecule has 1 aliphatic heterocycles. The Labute approximate surface area is 230 Å².